The second-order valence-corrected chi connectivity index (χ2v) is 6.65. The number of thioether (sulfide) groups is 1. The van der Waals surface area contributed by atoms with Crippen LogP contribution in [0.3, 0.4) is 0 Å². The zero-order chi connectivity index (χ0) is 17.6. The van der Waals surface area contributed by atoms with Crippen LogP contribution >= 0.6 is 23.4 Å². The first-order valence-electron chi connectivity index (χ1n) is 7.27. The summed E-state index contributed by atoms with van der Waals surface area (Å²) in [6.07, 6.45) is 2.98. The van der Waals surface area contributed by atoms with Crippen LogP contribution in [-0.2, 0) is 9.59 Å². The molecule has 0 bridgehead atoms. The molecule has 7 nitrogen and oxygen atoms in total. The van der Waals surface area contributed by atoms with Crippen LogP contribution in [0, 0.1) is 0 Å². The minimum absolute atomic E-state index is 0.0278. The van der Waals surface area contributed by atoms with Gasteiger partial charge in [0.1, 0.15) is 11.0 Å². The highest BCUT2D eigenvalue weighted by Gasteiger charge is 2.32. The average molecular weight is 377 g/mol. The third-order valence-electron chi connectivity index (χ3n) is 3.15. The van der Waals surface area contributed by atoms with Crippen molar-refractivity contribution in [1.82, 2.24) is 5.32 Å². The fourth-order valence-corrected chi connectivity index (χ4v) is 3.05. The third kappa shape index (κ3) is 4.94. The van der Waals surface area contributed by atoms with Crippen LogP contribution in [0.4, 0.5) is 5.69 Å². The van der Waals surface area contributed by atoms with Gasteiger partial charge in [0, 0.05) is 17.1 Å². The number of carbonyl (C=O) groups is 2. The Labute approximate surface area is 152 Å². The molecule has 1 aromatic heterocycles. The molecule has 1 atom stereocenters. The molecule has 3 rings (SSSR count). The SMILES string of the molecule is O=C(C[C@@H]1S/C(=N\N=C/c2ccco2)NC1=O)Nc1ccc(Cl)cc1. The molecule has 1 aliphatic heterocycles. The Kier molecular flexibility index (Phi) is 5.52. The van der Waals surface area contributed by atoms with Crippen molar-refractivity contribution in [3.8, 4) is 0 Å². The van der Waals surface area contributed by atoms with Gasteiger partial charge in [-0.1, -0.05) is 23.4 Å². The standard InChI is InChI=1S/C16H13ClN4O3S/c17-10-3-5-11(6-4-10)19-14(22)8-13-15(23)20-16(25-13)21-18-9-12-2-1-7-24-12/h1-7,9,13H,8H2,(H,19,22)(H,20,21,23)/b18-9-/t13-/m0/s1. The molecule has 2 aromatic rings. The van der Waals surface area contributed by atoms with Gasteiger partial charge in [0.05, 0.1) is 12.5 Å². The lowest BCUT2D eigenvalue weighted by atomic mass is 10.2. The predicted octanol–water partition coefficient (Wildman–Crippen LogP) is 2.88. The number of carbonyl (C=O) groups excluding carboxylic acids is 2. The van der Waals surface area contributed by atoms with Gasteiger partial charge in [0.25, 0.3) is 0 Å². The topological polar surface area (TPSA) is 96.1 Å². The number of nitrogens with zero attached hydrogens (tertiary/aromatic N) is 2. The summed E-state index contributed by atoms with van der Waals surface area (Å²) in [5.74, 6) is 0.0103. The van der Waals surface area contributed by atoms with E-state index >= 15 is 0 Å². The van der Waals surface area contributed by atoms with Crippen LogP contribution in [0.1, 0.15) is 12.2 Å². The number of amidine groups is 1. The van der Waals surface area contributed by atoms with E-state index in [2.05, 4.69) is 20.8 Å². The van der Waals surface area contributed by atoms with Crippen LogP contribution in [0.5, 0.6) is 0 Å². The Morgan fingerprint density at radius 1 is 1.36 bits per heavy atom. The number of amides is 2. The zero-order valence-electron chi connectivity index (χ0n) is 12.8. The van der Waals surface area contributed by atoms with Crippen LogP contribution in [0.15, 0.2) is 57.3 Å². The summed E-state index contributed by atoms with van der Waals surface area (Å²) in [5, 5.41) is 13.4. The Morgan fingerprint density at radius 2 is 2.16 bits per heavy atom. The third-order valence-corrected chi connectivity index (χ3v) is 4.48. The zero-order valence-corrected chi connectivity index (χ0v) is 14.4. The monoisotopic (exact) mass is 376 g/mol. The lowest BCUT2D eigenvalue weighted by Crippen LogP contribution is -2.28. The van der Waals surface area contributed by atoms with E-state index in [1.165, 1.54) is 12.5 Å². The molecule has 2 N–H and O–H groups in total. The maximum Gasteiger partial charge on any atom is 0.240 e. The van der Waals surface area contributed by atoms with Crippen molar-refractivity contribution in [2.75, 3.05) is 5.32 Å². The number of rotatable bonds is 5. The number of furan rings is 1. The molecular formula is C16H13ClN4O3S. The summed E-state index contributed by atoms with van der Waals surface area (Å²) >= 11 is 6.96. The van der Waals surface area contributed by atoms with E-state index in [0.717, 1.165) is 11.8 Å². The van der Waals surface area contributed by atoms with Crippen molar-refractivity contribution in [3.05, 3.63) is 53.4 Å². The van der Waals surface area contributed by atoms with Gasteiger partial charge in [-0.05, 0) is 36.4 Å². The van der Waals surface area contributed by atoms with Crippen LogP contribution < -0.4 is 10.6 Å². The molecule has 1 aliphatic rings. The second kappa shape index (κ2) is 8.00. The highest BCUT2D eigenvalue weighted by molar-refractivity contribution is 8.15. The van der Waals surface area contributed by atoms with E-state index in [0.29, 0.717) is 21.6 Å². The summed E-state index contributed by atoms with van der Waals surface area (Å²) in [6, 6.07) is 10.2. The molecule has 2 amide bonds. The lowest BCUT2D eigenvalue weighted by Gasteiger charge is -2.07. The van der Waals surface area contributed by atoms with Gasteiger partial charge in [0.15, 0.2) is 5.17 Å². The van der Waals surface area contributed by atoms with E-state index in [4.69, 9.17) is 16.0 Å². The number of halogens is 1. The van der Waals surface area contributed by atoms with Gasteiger partial charge >= 0.3 is 0 Å². The number of nitrogens with one attached hydrogen (secondary N) is 2. The first kappa shape index (κ1) is 17.2. The quantitative estimate of drug-likeness (QED) is 0.619. The molecule has 128 valence electrons. The average Bonchev–Trinajstić information content (AvgIpc) is 3.20. The molecule has 25 heavy (non-hydrogen) atoms. The van der Waals surface area contributed by atoms with E-state index in [1.54, 1.807) is 36.4 Å². The van der Waals surface area contributed by atoms with Crippen molar-refractivity contribution in [3.63, 3.8) is 0 Å². The van der Waals surface area contributed by atoms with Crippen LogP contribution in [0.25, 0.3) is 0 Å². The molecule has 0 spiro atoms. The summed E-state index contributed by atoms with van der Waals surface area (Å²) in [6.45, 7) is 0. The first-order valence-corrected chi connectivity index (χ1v) is 8.53. The lowest BCUT2D eigenvalue weighted by molar-refractivity contribution is -0.122. The van der Waals surface area contributed by atoms with Gasteiger partial charge in [-0.25, -0.2) is 0 Å². The molecule has 0 unspecified atom stereocenters. The summed E-state index contributed by atoms with van der Waals surface area (Å²) in [5.41, 5.74) is 0.620. The Bertz CT molecular complexity index is 818. The molecule has 1 saturated heterocycles. The molecule has 1 aromatic carbocycles. The van der Waals surface area contributed by atoms with Crippen molar-refractivity contribution >= 4 is 52.2 Å². The second-order valence-electron chi connectivity index (χ2n) is 5.02. The minimum atomic E-state index is -0.551. The van der Waals surface area contributed by atoms with Gasteiger partial charge in [-0.3, -0.25) is 9.59 Å². The first-order chi connectivity index (χ1) is 12.1. The van der Waals surface area contributed by atoms with E-state index in [-0.39, 0.29) is 18.2 Å². The molecule has 2 heterocycles. The summed E-state index contributed by atoms with van der Waals surface area (Å²) in [7, 11) is 0. The van der Waals surface area contributed by atoms with Gasteiger partial charge in [-0.15, -0.1) is 5.10 Å². The number of anilines is 1. The Hall–Kier alpha value is -2.58. The number of hydrogen-bond donors (Lipinski definition) is 2. The van der Waals surface area contributed by atoms with Crippen molar-refractivity contribution in [2.45, 2.75) is 11.7 Å². The summed E-state index contributed by atoms with van der Waals surface area (Å²) < 4.78 is 5.08. The normalized spacial score (nSPS) is 18.7. The van der Waals surface area contributed by atoms with Crippen molar-refractivity contribution in [1.29, 1.82) is 0 Å². The Balaban J connectivity index is 1.53. The number of benzene rings is 1. The molecule has 1 fully saturated rings. The number of hydrogen-bond acceptors (Lipinski definition) is 6. The van der Waals surface area contributed by atoms with Gasteiger partial charge in [-0.2, -0.15) is 5.10 Å². The fraction of sp³-hybridized carbons (Fsp3) is 0.125. The molecule has 0 saturated carbocycles. The van der Waals surface area contributed by atoms with E-state index in [9.17, 15) is 9.59 Å². The largest absolute Gasteiger partial charge is 0.463 e. The highest BCUT2D eigenvalue weighted by atomic mass is 35.5. The van der Waals surface area contributed by atoms with Crippen LogP contribution in [0.2, 0.25) is 5.02 Å². The Morgan fingerprint density at radius 3 is 2.88 bits per heavy atom. The van der Waals surface area contributed by atoms with Crippen molar-refractivity contribution < 1.29 is 14.0 Å². The predicted molar refractivity (Wildman–Crippen MR) is 98.0 cm³/mol. The maximum atomic E-state index is 12.1. The molecule has 9 heteroatoms. The molecular weight excluding hydrogens is 364 g/mol. The van der Waals surface area contributed by atoms with Crippen molar-refractivity contribution in [2.24, 2.45) is 10.2 Å². The van der Waals surface area contributed by atoms with E-state index < -0.39 is 5.25 Å². The minimum Gasteiger partial charge on any atom is -0.463 e. The summed E-state index contributed by atoms with van der Waals surface area (Å²) in [4.78, 5) is 24.0. The fourth-order valence-electron chi connectivity index (χ4n) is 2.00. The highest BCUT2D eigenvalue weighted by Crippen LogP contribution is 2.23. The molecule has 0 radical (unpaired) electrons. The van der Waals surface area contributed by atoms with Crippen LogP contribution in [-0.4, -0.2) is 28.4 Å². The maximum absolute atomic E-state index is 12.1. The van der Waals surface area contributed by atoms with E-state index in [1.807, 2.05) is 0 Å². The van der Waals surface area contributed by atoms with Gasteiger partial charge < -0.3 is 15.1 Å². The smallest absolute Gasteiger partial charge is 0.240 e. The van der Waals surface area contributed by atoms with Gasteiger partial charge in [0.2, 0.25) is 11.8 Å². The molecule has 0 aliphatic carbocycles.